The minimum Gasteiger partial charge on any atom is -0.462 e. The van der Waals surface area contributed by atoms with E-state index in [-0.39, 0.29) is 51.9 Å². The Hall–Kier alpha value is -2.37. The predicted molar refractivity (Wildman–Crippen MR) is 222 cm³/mol. The zero-order valence-electron chi connectivity index (χ0n) is 34.1. The topological polar surface area (TPSA) is 175 Å². The number of ether oxygens (including phenoxy) is 2. The van der Waals surface area contributed by atoms with Gasteiger partial charge in [0.2, 0.25) is 0 Å². The lowest BCUT2D eigenvalue weighted by Crippen LogP contribution is -2.30. The fourth-order valence-electron chi connectivity index (χ4n) is 5.30. The van der Waals surface area contributed by atoms with Crippen molar-refractivity contribution in [3.8, 4) is 0 Å². The second kappa shape index (κ2) is 38.5. The van der Waals surface area contributed by atoms with Gasteiger partial charge in [0, 0.05) is 19.4 Å². The van der Waals surface area contributed by atoms with Crippen molar-refractivity contribution >= 4 is 19.8 Å². The zero-order chi connectivity index (χ0) is 40.7. The first-order valence-corrected chi connectivity index (χ1v) is 22.4. The highest BCUT2D eigenvalue weighted by Crippen LogP contribution is 2.43. The molecule has 0 heterocycles. The summed E-state index contributed by atoms with van der Waals surface area (Å²) in [5.41, 5.74) is 5.32. The Labute approximate surface area is 333 Å². The molecule has 55 heavy (non-hydrogen) atoms. The average Bonchev–Trinajstić information content (AvgIpc) is 3.16. The molecule has 0 rings (SSSR count). The van der Waals surface area contributed by atoms with Crippen LogP contribution in [0.5, 0.6) is 0 Å². The summed E-state index contributed by atoms with van der Waals surface area (Å²) in [6.45, 7) is 3.30. The molecule has 0 radical (unpaired) electrons. The molecular formula is C43H76NO10P. The van der Waals surface area contributed by atoms with Gasteiger partial charge in [-0.25, -0.2) is 4.57 Å². The summed E-state index contributed by atoms with van der Waals surface area (Å²) in [6, 6.07) is 0. The largest absolute Gasteiger partial charge is 0.472 e. The molecule has 0 aromatic heterocycles. The van der Waals surface area contributed by atoms with Crippen LogP contribution in [0.3, 0.4) is 0 Å². The third-order valence-electron chi connectivity index (χ3n) is 8.58. The first-order valence-electron chi connectivity index (χ1n) is 20.9. The SMILES string of the molecule is CCCCC/C=C\C/C=C\C/C=C\CC(O)C(O)CCCC(=O)O[C@H](COC(=O)CCCCCCC/C=C\C/C=C\CCCCC)COP(=O)(O)OCCN. The van der Waals surface area contributed by atoms with Gasteiger partial charge < -0.3 is 30.3 Å². The molecule has 0 amide bonds. The van der Waals surface area contributed by atoms with Gasteiger partial charge in [-0.3, -0.25) is 18.6 Å². The summed E-state index contributed by atoms with van der Waals surface area (Å²) in [7, 11) is -4.46. The summed E-state index contributed by atoms with van der Waals surface area (Å²) < 4.78 is 32.5. The normalized spacial score (nSPS) is 15.1. The Morgan fingerprint density at radius 2 is 1.13 bits per heavy atom. The van der Waals surface area contributed by atoms with Crippen LogP contribution in [0, 0.1) is 0 Å². The number of aliphatic hydroxyl groups is 2. The molecule has 3 unspecified atom stereocenters. The highest BCUT2D eigenvalue weighted by atomic mass is 31.2. The number of nitrogens with two attached hydrogens (primary N) is 1. The van der Waals surface area contributed by atoms with Crippen molar-refractivity contribution in [2.24, 2.45) is 5.73 Å². The molecule has 0 aliphatic heterocycles. The van der Waals surface area contributed by atoms with E-state index < -0.39 is 44.7 Å². The number of phosphoric acid groups is 1. The minimum absolute atomic E-state index is 0.00362. The summed E-state index contributed by atoms with van der Waals surface area (Å²) in [4.78, 5) is 34.9. The molecule has 0 aromatic rings. The first kappa shape index (κ1) is 52.6. The molecule has 12 heteroatoms. The number of phosphoric ester groups is 1. The van der Waals surface area contributed by atoms with Crippen LogP contribution in [0.1, 0.15) is 155 Å². The quantitative estimate of drug-likeness (QED) is 0.0203. The fourth-order valence-corrected chi connectivity index (χ4v) is 6.06. The Bertz CT molecular complexity index is 1120. The van der Waals surface area contributed by atoms with Crippen LogP contribution in [0.25, 0.3) is 0 Å². The van der Waals surface area contributed by atoms with Gasteiger partial charge in [0.05, 0.1) is 25.4 Å². The molecule has 4 atom stereocenters. The Kier molecular flexibility index (Phi) is 36.8. The molecule has 0 fully saturated rings. The monoisotopic (exact) mass is 798 g/mol. The molecule has 0 spiro atoms. The second-order valence-electron chi connectivity index (χ2n) is 13.8. The van der Waals surface area contributed by atoms with Crippen molar-refractivity contribution in [2.45, 2.75) is 173 Å². The number of hydrogen-bond donors (Lipinski definition) is 4. The van der Waals surface area contributed by atoms with Crippen LogP contribution in [0.2, 0.25) is 0 Å². The second-order valence-corrected chi connectivity index (χ2v) is 15.3. The standard InChI is InChI=1S/C43H76NO10P/c1-3-5-7-9-11-13-15-17-18-19-21-23-25-27-29-33-42(47)51-37-39(38-53-55(49,50)52-36-35-44)54-43(48)34-30-32-41(46)40(45)31-28-26-24-22-20-16-14-12-10-8-6-4-2/h11-14,17-18,20,22,26,28,39-41,45-46H,3-10,15-16,19,21,23-25,27,29-38,44H2,1-2H3,(H,49,50)/b13-11-,14-12-,18-17-,22-20-,28-26-/t39-,40?,41?/m1/s1. The van der Waals surface area contributed by atoms with Crippen molar-refractivity contribution in [3.63, 3.8) is 0 Å². The van der Waals surface area contributed by atoms with E-state index in [1.165, 1.54) is 38.5 Å². The lowest BCUT2D eigenvalue weighted by Gasteiger charge is -2.20. The van der Waals surface area contributed by atoms with Crippen molar-refractivity contribution in [2.75, 3.05) is 26.4 Å². The molecule has 0 saturated heterocycles. The van der Waals surface area contributed by atoms with Crippen LogP contribution < -0.4 is 5.73 Å². The van der Waals surface area contributed by atoms with Gasteiger partial charge in [-0.2, -0.15) is 0 Å². The number of allylic oxidation sites excluding steroid dienone is 9. The van der Waals surface area contributed by atoms with Gasteiger partial charge in [-0.1, -0.05) is 120 Å². The van der Waals surface area contributed by atoms with E-state index in [1.54, 1.807) is 0 Å². The number of aliphatic hydroxyl groups excluding tert-OH is 2. The highest BCUT2D eigenvalue weighted by molar-refractivity contribution is 7.47. The molecule has 5 N–H and O–H groups in total. The van der Waals surface area contributed by atoms with E-state index in [0.717, 1.165) is 64.2 Å². The molecule has 318 valence electrons. The van der Waals surface area contributed by atoms with Gasteiger partial charge in [0.25, 0.3) is 0 Å². The maximum Gasteiger partial charge on any atom is 0.472 e. The molecule has 0 saturated carbocycles. The van der Waals surface area contributed by atoms with E-state index in [2.05, 4.69) is 62.5 Å². The fraction of sp³-hybridized carbons (Fsp3) is 0.721. The van der Waals surface area contributed by atoms with Gasteiger partial charge >= 0.3 is 19.8 Å². The molecule has 0 aromatic carbocycles. The molecule has 0 bridgehead atoms. The van der Waals surface area contributed by atoms with Crippen molar-refractivity contribution in [3.05, 3.63) is 60.8 Å². The molecule has 0 aliphatic rings. The van der Waals surface area contributed by atoms with Gasteiger partial charge in [-0.15, -0.1) is 0 Å². The van der Waals surface area contributed by atoms with E-state index >= 15 is 0 Å². The van der Waals surface area contributed by atoms with Gasteiger partial charge in [-0.05, 0) is 83.5 Å². The minimum atomic E-state index is -4.46. The van der Waals surface area contributed by atoms with Crippen LogP contribution in [-0.4, -0.2) is 71.7 Å². The Morgan fingerprint density at radius 3 is 1.71 bits per heavy atom. The number of rotatable bonds is 38. The van der Waals surface area contributed by atoms with Crippen molar-refractivity contribution in [1.82, 2.24) is 0 Å². The number of esters is 2. The third-order valence-corrected chi connectivity index (χ3v) is 9.56. The Balaban J connectivity index is 4.47. The summed E-state index contributed by atoms with van der Waals surface area (Å²) >= 11 is 0. The van der Waals surface area contributed by atoms with Crippen LogP contribution in [0.4, 0.5) is 0 Å². The summed E-state index contributed by atoms with van der Waals surface area (Å²) in [5, 5.41) is 20.7. The maximum absolute atomic E-state index is 12.6. The third kappa shape index (κ3) is 37.0. The number of hydrogen-bond acceptors (Lipinski definition) is 10. The van der Waals surface area contributed by atoms with E-state index in [1.807, 2.05) is 12.2 Å². The molecular weight excluding hydrogens is 721 g/mol. The van der Waals surface area contributed by atoms with Crippen molar-refractivity contribution in [1.29, 1.82) is 0 Å². The Morgan fingerprint density at radius 1 is 0.618 bits per heavy atom. The van der Waals surface area contributed by atoms with Crippen LogP contribution >= 0.6 is 7.82 Å². The van der Waals surface area contributed by atoms with Gasteiger partial charge in [0.1, 0.15) is 6.61 Å². The predicted octanol–water partition coefficient (Wildman–Crippen LogP) is 9.66. The summed E-state index contributed by atoms with van der Waals surface area (Å²) in [6.07, 6.45) is 37.0. The van der Waals surface area contributed by atoms with E-state index in [4.69, 9.17) is 24.3 Å². The lowest BCUT2D eigenvalue weighted by atomic mass is 10.0. The number of carbonyl (C=O) groups is 2. The first-order chi connectivity index (χ1) is 26.6. The van der Waals surface area contributed by atoms with E-state index in [0.29, 0.717) is 6.42 Å². The molecule has 11 nitrogen and oxygen atoms in total. The average molecular weight is 798 g/mol. The highest BCUT2D eigenvalue weighted by Gasteiger charge is 2.26. The van der Waals surface area contributed by atoms with Gasteiger partial charge in [0.15, 0.2) is 6.10 Å². The smallest absolute Gasteiger partial charge is 0.462 e. The number of carbonyl (C=O) groups excluding carboxylic acids is 2. The molecule has 0 aliphatic carbocycles. The van der Waals surface area contributed by atoms with Crippen LogP contribution in [0.15, 0.2) is 60.8 Å². The number of unbranched alkanes of at least 4 members (excludes halogenated alkanes) is 11. The summed E-state index contributed by atoms with van der Waals surface area (Å²) in [5.74, 6) is -1.14. The lowest BCUT2D eigenvalue weighted by molar-refractivity contribution is -0.161. The maximum atomic E-state index is 12.6. The van der Waals surface area contributed by atoms with Crippen LogP contribution in [-0.2, 0) is 32.7 Å². The van der Waals surface area contributed by atoms with Crippen molar-refractivity contribution < 1.29 is 47.8 Å². The zero-order valence-corrected chi connectivity index (χ0v) is 35.0. The van der Waals surface area contributed by atoms with E-state index in [9.17, 15) is 29.3 Å².